The SMILES string of the molecule is Cn1c(-c2ccncc2)nc2cc(CS)ccc21. The fraction of sp³-hybridized carbons (Fsp3) is 0.143. The molecule has 3 rings (SSSR count). The van der Waals surface area contributed by atoms with Crippen LogP contribution < -0.4 is 0 Å². The Bertz CT molecular complexity index is 689. The van der Waals surface area contributed by atoms with Gasteiger partial charge in [0.2, 0.25) is 0 Å². The maximum Gasteiger partial charge on any atom is 0.140 e. The summed E-state index contributed by atoms with van der Waals surface area (Å²) in [7, 11) is 2.03. The van der Waals surface area contributed by atoms with Crippen LogP contribution in [0.2, 0.25) is 0 Å². The molecule has 0 aliphatic heterocycles. The van der Waals surface area contributed by atoms with Crippen molar-refractivity contribution >= 4 is 23.7 Å². The van der Waals surface area contributed by atoms with Crippen molar-refractivity contribution < 1.29 is 0 Å². The molecule has 0 aliphatic rings. The van der Waals surface area contributed by atoms with Gasteiger partial charge in [-0.05, 0) is 29.8 Å². The Morgan fingerprint density at radius 2 is 1.94 bits per heavy atom. The highest BCUT2D eigenvalue weighted by atomic mass is 32.1. The number of rotatable bonds is 2. The molecule has 0 bridgehead atoms. The predicted molar refractivity (Wildman–Crippen MR) is 76.6 cm³/mol. The quantitative estimate of drug-likeness (QED) is 0.713. The van der Waals surface area contributed by atoms with Crippen LogP contribution in [0.1, 0.15) is 5.56 Å². The largest absolute Gasteiger partial charge is 0.327 e. The molecule has 0 radical (unpaired) electrons. The van der Waals surface area contributed by atoms with Crippen LogP contribution in [0, 0.1) is 0 Å². The average molecular weight is 255 g/mol. The van der Waals surface area contributed by atoms with Crippen LogP contribution in [0.15, 0.2) is 42.7 Å². The van der Waals surface area contributed by atoms with Crippen LogP contribution in [0.3, 0.4) is 0 Å². The summed E-state index contributed by atoms with van der Waals surface area (Å²) in [5.41, 5.74) is 4.41. The second-order valence-electron chi connectivity index (χ2n) is 4.21. The first-order valence-electron chi connectivity index (χ1n) is 5.76. The smallest absolute Gasteiger partial charge is 0.140 e. The van der Waals surface area contributed by atoms with Crippen LogP contribution in [-0.4, -0.2) is 14.5 Å². The second kappa shape index (κ2) is 4.46. The lowest BCUT2D eigenvalue weighted by atomic mass is 10.2. The van der Waals surface area contributed by atoms with Crippen LogP contribution in [0.25, 0.3) is 22.4 Å². The normalized spacial score (nSPS) is 11.0. The van der Waals surface area contributed by atoms with Gasteiger partial charge in [0.1, 0.15) is 5.82 Å². The van der Waals surface area contributed by atoms with E-state index >= 15 is 0 Å². The van der Waals surface area contributed by atoms with E-state index in [-0.39, 0.29) is 0 Å². The Kier molecular flexibility index (Phi) is 2.80. The van der Waals surface area contributed by atoms with Gasteiger partial charge in [-0.1, -0.05) is 6.07 Å². The van der Waals surface area contributed by atoms with Crippen molar-refractivity contribution in [1.29, 1.82) is 0 Å². The minimum Gasteiger partial charge on any atom is -0.327 e. The summed E-state index contributed by atoms with van der Waals surface area (Å²) in [5.74, 6) is 1.70. The van der Waals surface area contributed by atoms with E-state index in [9.17, 15) is 0 Å². The number of imidazole rings is 1. The number of thiol groups is 1. The molecule has 0 saturated carbocycles. The number of pyridine rings is 1. The summed E-state index contributed by atoms with van der Waals surface area (Å²) in [5, 5.41) is 0. The third-order valence-electron chi connectivity index (χ3n) is 3.07. The lowest BCUT2D eigenvalue weighted by molar-refractivity contribution is 0.958. The average Bonchev–Trinajstić information content (AvgIpc) is 2.76. The van der Waals surface area contributed by atoms with Gasteiger partial charge in [-0.15, -0.1) is 0 Å². The topological polar surface area (TPSA) is 30.7 Å². The summed E-state index contributed by atoms with van der Waals surface area (Å²) in [6.45, 7) is 0. The van der Waals surface area contributed by atoms with Gasteiger partial charge in [0.15, 0.2) is 0 Å². The maximum absolute atomic E-state index is 4.69. The summed E-state index contributed by atoms with van der Waals surface area (Å²) in [6, 6.07) is 10.2. The number of benzene rings is 1. The zero-order chi connectivity index (χ0) is 12.5. The third-order valence-corrected chi connectivity index (χ3v) is 3.43. The molecule has 2 aromatic heterocycles. The van der Waals surface area contributed by atoms with Crippen molar-refractivity contribution in [2.45, 2.75) is 5.75 Å². The molecule has 0 aliphatic carbocycles. The number of hydrogen-bond acceptors (Lipinski definition) is 3. The van der Waals surface area contributed by atoms with Gasteiger partial charge in [0, 0.05) is 30.8 Å². The molecule has 0 saturated heterocycles. The highest BCUT2D eigenvalue weighted by Crippen LogP contribution is 2.24. The Hall–Kier alpha value is -1.81. The Morgan fingerprint density at radius 3 is 2.67 bits per heavy atom. The van der Waals surface area contributed by atoms with Crippen molar-refractivity contribution in [2.75, 3.05) is 0 Å². The molecule has 1 aromatic carbocycles. The van der Waals surface area contributed by atoms with Crippen LogP contribution in [0.5, 0.6) is 0 Å². The number of nitrogens with zero attached hydrogens (tertiary/aromatic N) is 3. The molecule has 0 spiro atoms. The first kappa shape index (κ1) is 11.3. The first-order chi connectivity index (χ1) is 8.79. The standard InChI is InChI=1S/C14H13N3S/c1-17-13-3-2-10(9-18)8-12(13)16-14(17)11-4-6-15-7-5-11/h2-8,18H,9H2,1H3. The minimum atomic E-state index is 0.733. The zero-order valence-electron chi connectivity index (χ0n) is 10.0. The van der Waals surface area contributed by atoms with Crippen molar-refractivity contribution in [3.8, 4) is 11.4 Å². The summed E-state index contributed by atoms with van der Waals surface area (Å²) in [6.07, 6.45) is 3.57. The van der Waals surface area contributed by atoms with Gasteiger partial charge in [-0.2, -0.15) is 12.6 Å². The van der Waals surface area contributed by atoms with E-state index < -0.39 is 0 Å². The molecule has 3 aromatic rings. The van der Waals surface area contributed by atoms with Gasteiger partial charge >= 0.3 is 0 Å². The highest BCUT2D eigenvalue weighted by Gasteiger charge is 2.09. The van der Waals surface area contributed by atoms with E-state index in [4.69, 9.17) is 4.98 Å². The van der Waals surface area contributed by atoms with Gasteiger partial charge in [-0.25, -0.2) is 4.98 Å². The van der Waals surface area contributed by atoms with Crippen molar-refractivity contribution in [3.63, 3.8) is 0 Å². The molecule has 0 N–H and O–H groups in total. The molecule has 0 atom stereocenters. The van der Waals surface area contributed by atoms with Crippen LogP contribution >= 0.6 is 12.6 Å². The predicted octanol–water partition coefficient (Wildman–Crippen LogP) is 3.07. The second-order valence-corrected chi connectivity index (χ2v) is 4.53. The van der Waals surface area contributed by atoms with Crippen molar-refractivity contribution in [1.82, 2.24) is 14.5 Å². The first-order valence-corrected chi connectivity index (χ1v) is 6.39. The fourth-order valence-electron chi connectivity index (χ4n) is 2.10. The molecule has 3 nitrogen and oxygen atoms in total. The molecular formula is C14H13N3S. The van der Waals surface area contributed by atoms with Gasteiger partial charge in [0.25, 0.3) is 0 Å². The van der Waals surface area contributed by atoms with Crippen LogP contribution in [-0.2, 0) is 12.8 Å². The van der Waals surface area contributed by atoms with Crippen LogP contribution in [0.4, 0.5) is 0 Å². The van der Waals surface area contributed by atoms with E-state index in [1.54, 1.807) is 12.4 Å². The Balaban J connectivity index is 2.23. The van der Waals surface area contributed by atoms with E-state index in [2.05, 4.69) is 40.4 Å². The molecular weight excluding hydrogens is 242 g/mol. The molecule has 4 heteroatoms. The fourth-order valence-corrected chi connectivity index (χ4v) is 2.30. The molecule has 0 fully saturated rings. The Labute approximate surface area is 111 Å². The maximum atomic E-state index is 4.69. The van der Waals surface area contributed by atoms with E-state index in [1.165, 1.54) is 5.56 Å². The summed E-state index contributed by atoms with van der Waals surface area (Å²) < 4.78 is 2.10. The lowest BCUT2D eigenvalue weighted by Crippen LogP contribution is -1.92. The lowest BCUT2D eigenvalue weighted by Gasteiger charge is -2.01. The minimum absolute atomic E-state index is 0.733. The Morgan fingerprint density at radius 1 is 1.17 bits per heavy atom. The zero-order valence-corrected chi connectivity index (χ0v) is 10.9. The molecule has 90 valence electrons. The molecule has 0 amide bonds. The monoisotopic (exact) mass is 255 g/mol. The van der Waals surface area contributed by atoms with Gasteiger partial charge in [-0.3, -0.25) is 4.98 Å². The number of aryl methyl sites for hydroxylation is 1. The van der Waals surface area contributed by atoms with Gasteiger partial charge in [0.05, 0.1) is 11.0 Å². The highest BCUT2D eigenvalue weighted by molar-refractivity contribution is 7.79. The third kappa shape index (κ3) is 1.78. The van der Waals surface area contributed by atoms with Crippen molar-refractivity contribution in [3.05, 3.63) is 48.3 Å². The number of aromatic nitrogens is 3. The summed E-state index contributed by atoms with van der Waals surface area (Å²) in [4.78, 5) is 8.73. The van der Waals surface area contributed by atoms with Crippen molar-refractivity contribution in [2.24, 2.45) is 7.05 Å². The van der Waals surface area contributed by atoms with E-state index in [0.29, 0.717) is 0 Å². The van der Waals surface area contributed by atoms with E-state index in [0.717, 1.165) is 28.2 Å². The molecule has 2 heterocycles. The molecule has 0 unspecified atom stereocenters. The summed E-state index contributed by atoms with van der Waals surface area (Å²) >= 11 is 4.30. The number of fused-ring (bicyclic) bond motifs is 1. The number of hydrogen-bond donors (Lipinski definition) is 1. The molecule has 18 heavy (non-hydrogen) atoms. The van der Waals surface area contributed by atoms with E-state index in [1.807, 2.05) is 19.2 Å². The van der Waals surface area contributed by atoms with Gasteiger partial charge < -0.3 is 4.57 Å².